The molecule has 2 fully saturated rings. The number of ether oxygens (including phenoxy) is 4. The summed E-state index contributed by atoms with van der Waals surface area (Å²) in [7, 11) is 0. The first-order valence-electron chi connectivity index (χ1n) is 11.0. The highest BCUT2D eigenvalue weighted by molar-refractivity contribution is 5.95. The SMILES string of the molecule is C=CCOC[C@@H](O)CN1CCO[C@H](CN(CC2CC2)C(=O)c2ccc3c(c2)OCO3)C1. The highest BCUT2D eigenvalue weighted by Crippen LogP contribution is 2.34. The Bertz CT molecular complexity index is 768. The molecular weight excluding hydrogens is 400 g/mol. The smallest absolute Gasteiger partial charge is 0.254 e. The van der Waals surface area contributed by atoms with Gasteiger partial charge >= 0.3 is 0 Å². The molecule has 0 spiro atoms. The molecule has 2 aliphatic heterocycles. The summed E-state index contributed by atoms with van der Waals surface area (Å²) in [5, 5.41) is 10.2. The Labute approximate surface area is 183 Å². The molecule has 1 saturated heterocycles. The van der Waals surface area contributed by atoms with Gasteiger partial charge in [-0.1, -0.05) is 6.08 Å². The molecule has 0 radical (unpaired) electrons. The number of aliphatic hydroxyl groups excluding tert-OH is 1. The van der Waals surface area contributed by atoms with E-state index in [0.29, 0.717) is 55.8 Å². The number of aliphatic hydroxyl groups is 1. The lowest BCUT2D eigenvalue weighted by molar-refractivity contribution is -0.0578. The zero-order valence-corrected chi connectivity index (χ0v) is 17.9. The molecule has 8 heteroatoms. The summed E-state index contributed by atoms with van der Waals surface area (Å²) in [6.07, 6.45) is 3.35. The number of carbonyl (C=O) groups excluding carboxylic acids is 1. The Morgan fingerprint density at radius 2 is 2.16 bits per heavy atom. The van der Waals surface area contributed by atoms with Crippen LogP contribution in [-0.2, 0) is 9.47 Å². The van der Waals surface area contributed by atoms with Crippen LogP contribution in [0.25, 0.3) is 0 Å². The van der Waals surface area contributed by atoms with Crippen molar-refractivity contribution in [2.75, 3.05) is 59.3 Å². The van der Waals surface area contributed by atoms with Crippen molar-refractivity contribution in [3.63, 3.8) is 0 Å². The van der Waals surface area contributed by atoms with E-state index >= 15 is 0 Å². The third-order valence-corrected chi connectivity index (χ3v) is 5.74. The number of amides is 1. The van der Waals surface area contributed by atoms with E-state index in [1.165, 1.54) is 12.8 Å². The van der Waals surface area contributed by atoms with Gasteiger partial charge in [-0.3, -0.25) is 9.69 Å². The summed E-state index contributed by atoms with van der Waals surface area (Å²) in [4.78, 5) is 17.4. The Morgan fingerprint density at radius 3 is 2.97 bits per heavy atom. The summed E-state index contributed by atoms with van der Waals surface area (Å²) in [5.41, 5.74) is 0.604. The molecule has 1 aromatic rings. The van der Waals surface area contributed by atoms with Crippen LogP contribution in [0.4, 0.5) is 0 Å². The van der Waals surface area contributed by atoms with Crippen molar-refractivity contribution in [2.45, 2.75) is 25.0 Å². The first-order chi connectivity index (χ1) is 15.1. The molecule has 2 atom stereocenters. The Morgan fingerprint density at radius 1 is 1.32 bits per heavy atom. The second-order valence-electron chi connectivity index (χ2n) is 8.45. The summed E-state index contributed by atoms with van der Waals surface area (Å²) < 4.78 is 22.1. The molecule has 170 valence electrons. The van der Waals surface area contributed by atoms with E-state index in [1.807, 2.05) is 4.90 Å². The van der Waals surface area contributed by atoms with E-state index in [-0.39, 0.29) is 25.4 Å². The van der Waals surface area contributed by atoms with Crippen molar-refractivity contribution < 1.29 is 28.8 Å². The van der Waals surface area contributed by atoms with Gasteiger partial charge < -0.3 is 29.0 Å². The van der Waals surface area contributed by atoms with Gasteiger partial charge in [0, 0.05) is 38.3 Å². The van der Waals surface area contributed by atoms with E-state index in [0.717, 1.165) is 13.1 Å². The van der Waals surface area contributed by atoms with Crippen LogP contribution in [0.3, 0.4) is 0 Å². The van der Waals surface area contributed by atoms with E-state index in [4.69, 9.17) is 18.9 Å². The number of rotatable bonds is 11. The van der Waals surface area contributed by atoms with Crippen molar-refractivity contribution in [2.24, 2.45) is 5.92 Å². The summed E-state index contributed by atoms with van der Waals surface area (Å²) in [6.45, 7) is 8.32. The molecule has 8 nitrogen and oxygen atoms in total. The number of nitrogens with zero attached hydrogens (tertiary/aromatic N) is 2. The third-order valence-electron chi connectivity index (χ3n) is 5.74. The average Bonchev–Trinajstić information content (AvgIpc) is 3.46. The highest BCUT2D eigenvalue weighted by atomic mass is 16.7. The Kier molecular flexibility index (Phi) is 7.45. The number of benzene rings is 1. The predicted molar refractivity (Wildman–Crippen MR) is 114 cm³/mol. The van der Waals surface area contributed by atoms with Gasteiger partial charge in [0.2, 0.25) is 6.79 Å². The van der Waals surface area contributed by atoms with Gasteiger partial charge in [-0.15, -0.1) is 6.58 Å². The molecule has 0 bridgehead atoms. The lowest BCUT2D eigenvalue weighted by Crippen LogP contribution is -2.51. The van der Waals surface area contributed by atoms with Gasteiger partial charge in [0.15, 0.2) is 11.5 Å². The summed E-state index contributed by atoms with van der Waals surface area (Å²) in [6, 6.07) is 5.35. The molecule has 31 heavy (non-hydrogen) atoms. The number of carbonyl (C=O) groups is 1. The van der Waals surface area contributed by atoms with Crippen LogP contribution >= 0.6 is 0 Å². The maximum Gasteiger partial charge on any atom is 0.254 e. The van der Waals surface area contributed by atoms with Crippen molar-refractivity contribution in [1.29, 1.82) is 0 Å². The first-order valence-corrected chi connectivity index (χ1v) is 11.0. The maximum absolute atomic E-state index is 13.3. The van der Waals surface area contributed by atoms with Crippen molar-refractivity contribution in [1.82, 2.24) is 9.80 Å². The van der Waals surface area contributed by atoms with Crippen LogP contribution in [0.2, 0.25) is 0 Å². The van der Waals surface area contributed by atoms with E-state index in [9.17, 15) is 9.90 Å². The molecule has 2 heterocycles. The molecule has 1 N–H and O–H groups in total. The minimum atomic E-state index is -0.559. The van der Waals surface area contributed by atoms with Crippen molar-refractivity contribution in [3.05, 3.63) is 36.4 Å². The lowest BCUT2D eigenvalue weighted by Gasteiger charge is -2.36. The summed E-state index contributed by atoms with van der Waals surface area (Å²) in [5.74, 6) is 1.85. The maximum atomic E-state index is 13.3. The topological polar surface area (TPSA) is 80.7 Å². The van der Waals surface area contributed by atoms with Gasteiger partial charge in [0.05, 0.1) is 32.0 Å². The fourth-order valence-electron chi connectivity index (χ4n) is 4.01. The van der Waals surface area contributed by atoms with Crippen LogP contribution in [0.5, 0.6) is 11.5 Å². The number of β-amino-alcohol motifs (C(OH)–C–C–N with tert-alkyl or cyclic N) is 1. The molecule has 1 saturated carbocycles. The van der Waals surface area contributed by atoms with Gasteiger partial charge in [-0.25, -0.2) is 0 Å². The Hall–Kier alpha value is -2.13. The summed E-state index contributed by atoms with van der Waals surface area (Å²) >= 11 is 0. The van der Waals surface area contributed by atoms with E-state index in [2.05, 4.69) is 11.5 Å². The van der Waals surface area contributed by atoms with Crippen molar-refractivity contribution in [3.8, 4) is 11.5 Å². The molecule has 1 amide bonds. The highest BCUT2D eigenvalue weighted by Gasteiger charge is 2.31. The number of fused-ring (bicyclic) bond motifs is 1. The van der Waals surface area contributed by atoms with Gasteiger partial charge in [0.25, 0.3) is 5.91 Å². The van der Waals surface area contributed by atoms with Crippen LogP contribution in [0, 0.1) is 5.92 Å². The Balaban J connectivity index is 1.34. The van der Waals surface area contributed by atoms with Crippen molar-refractivity contribution >= 4 is 5.91 Å². The zero-order valence-electron chi connectivity index (χ0n) is 17.9. The first kappa shape index (κ1) is 22.1. The van der Waals surface area contributed by atoms with Crippen LogP contribution < -0.4 is 9.47 Å². The van der Waals surface area contributed by atoms with Crippen LogP contribution in [0.15, 0.2) is 30.9 Å². The second-order valence-corrected chi connectivity index (χ2v) is 8.45. The fourth-order valence-corrected chi connectivity index (χ4v) is 4.01. The number of hydrogen-bond donors (Lipinski definition) is 1. The fraction of sp³-hybridized carbons (Fsp3) is 0.609. The normalized spacial score (nSPS) is 21.6. The van der Waals surface area contributed by atoms with Gasteiger partial charge in [0.1, 0.15) is 0 Å². The predicted octanol–water partition coefficient (Wildman–Crippen LogP) is 1.53. The molecule has 0 unspecified atom stereocenters. The third kappa shape index (κ3) is 6.20. The second kappa shape index (κ2) is 10.5. The minimum absolute atomic E-state index is 0.0104. The van der Waals surface area contributed by atoms with E-state index < -0.39 is 6.10 Å². The lowest BCUT2D eigenvalue weighted by atomic mass is 10.1. The zero-order chi connectivity index (χ0) is 21.6. The van der Waals surface area contributed by atoms with Gasteiger partial charge in [-0.05, 0) is 37.0 Å². The van der Waals surface area contributed by atoms with E-state index in [1.54, 1.807) is 24.3 Å². The quantitative estimate of drug-likeness (QED) is 0.420. The molecular formula is C23H32N2O6. The largest absolute Gasteiger partial charge is 0.454 e. The van der Waals surface area contributed by atoms with Crippen LogP contribution in [-0.4, -0.2) is 92.4 Å². The number of hydrogen-bond acceptors (Lipinski definition) is 7. The minimum Gasteiger partial charge on any atom is -0.454 e. The number of morpholine rings is 1. The van der Waals surface area contributed by atoms with Gasteiger partial charge in [-0.2, -0.15) is 0 Å². The monoisotopic (exact) mass is 432 g/mol. The van der Waals surface area contributed by atoms with Crippen LogP contribution in [0.1, 0.15) is 23.2 Å². The molecule has 3 aliphatic rings. The average molecular weight is 433 g/mol. The molecule has 1 aromatic carbocycles. The molecule has 0 aromatic heterocycles. The molecule has 1 aliphatic carbocycles. The molecule has 4 rings (SSSR count). The standard InChI is InChI=1S/C23H32N2O6/c1-2-8-28-15-19(26)12-24-7-9-29-20(13-24)14-25(11-17-3-4-17)23(27)18-5-6-21-22(10-18)31-16-30-21/h2,5-6,10,17,19-20,26H,1,3-4,7-9,11-16H2/t19-,20-/m0/s1.